The molecule has 0 heterocycles. The quantitative estimate of drug-likeness (QED) is 0.0739. The van der Waals surface area contributed by atoms with Gasteiger partial charge in [0, 0.05) is 69.2 Å². The van der Waals surface area contributed by atoms with Gasteiger partial charge in [-0.2, -0.15) is 0 Å². The van der Waals surface area contributed by atoms with Crippen molar-refractivity contribution in [3.05, 3.63) is 223 Å². The van der Waals surface area contributed by atoms with Gasteiger partial charge in [-0.05, 0) is 173 Å². The maximum Gasteiger partial charge on any atom is 0.256 e. The van der Waals surface area contributed by atoms with Crippen LogP contribution in [-0.2, 0) is 0 Å². The van der Waals surface area contributed by atoms with Crippen molar-refractivity contribution in [1.82, 2.24) is 0 Å². The van der Waals surface area contributed by atoms with Gasteiger partial charge in [0.25, 0.3) is 11.8 Å². The van der Waals surface area contributed by atoms with Crippen LogP contribution in [0.4, 0.5) is 11.4 Å². The molecule has 0 unspecified atom stereocenters. The Morgan fingerprint density at radius 1 is 0.329 bits per heavy atom. The molecule has 2 N–H and O–H groups in total. The minimum atomic E-state index is -0.480. The van der Waals surface area contributed by atoms with Crippen molar-refractivity contribution in [2.45, 2.75) is 79.1 Å². The van der Waals surface area contributed by atoms with Crippen LogP contribution in [0.5, 0.6) is 46.0 Å². The van der Waals surface area contributed by atoms with E-state index in [0.717, 1.165) is 27.6 Å². The van der Waals surface area contributed by atoms with Crippen LogP contribution in [0.1, 0.15) is 122 Å². The molecule has 0 aliphatic heterocycles. The number of benzene rings is 11. The van der Waals surface area contributed by atoms with Crippen LogP contribution in [0.15, 0.2) is 170 Å². The van der Waals surface area contributed by atoms with Crippen LogP contribution < -0.4 is 29.6 Å². The molecule has 11 aromatic rings. The molecule has 0 aliphatic carbocycles. The normalized spacial score (nSPS) is 11.7. The largest absolute Gasteiger partial charge is 0.457 e. The zero-order valence-corrected chi connectivity index (χ0v) is 49.5. The van der Waals surface area contributed by atoms with Gasteiger partial charge in [-0.15, -0.1) is 0 Å². The van der Waals surface area contributed by atoms with Crippen molar-refractivity contribution in [2.75, 3.05) is 10.6 Å². The standard InChI is InChI=1S/C70H58Cl4N2O6/c1-37(2)50-11-9-12-51(38(3)4)67(50)75-69(77)54-35-58(81-48-29-21-44(73)22-30-48)64-62-56(79-46-25-17-42(71)18-26-46)33-15-41-16-34-57(80-47-27-19-43(72)20-28-47)63(60(41)62)65-59(82-49-31-23-45(74)24-32-49)36-55(61(54)66(64)65)70(78)76-68-52(39(5)6)13-10-14-53(68)40(7)8/h9-40H,1-8H3,(H,75,77)(H,76,78). The lowest BCUT2D eigenvalue weighted by molar-refractivity contribution is 0.102. The number of fused-ring (bicyclic) bond motifs is 2. The van der Waals surface area contributed by atoms with E-state index in [1.165, 1.54) is 0 Å². The second-order valence-corrected chi connectivity index (χ2v) is 23.4. The number of nitrogens with one attached hydrogen (secondary N) is 2. The number of hydrogen-bond donors (Lipinski definition) is 2. The van der Waals surface area contributed by atoms with Crippen LogP contribution in [0.2, 0.25) is 20.1 Å². The molecule has 0 fully saturated rings. The summed E-state index contributed by atoms with van der Waals surface area (Å²) >= 11 is 26.0. The maximum absolute atomic E-state index is 16.3. The van der Waals surface area contributed by atoms with Crippen LogP contribution in [0.25, 0.3) is 43.1 Å². The third kappa shape index (κ3) is 11.0. The van der Waals surface area contributed by atoms with Gasteiger partial charge in [-0.3, -0.25) is 9.59 Å². The number of anilines is 2. The number of hydrogen-bond acceptors (Lipinski definition) is 6. The van der Waals surface area contributed by atoms with E-state index in [9.17, 15) is 0 Å². The summed E-state index contributed by atoms with van der Waals surface area (Å²) in [6.45, 7) is 16.8. The lowest BCUT2D eigenvalue weighted by Crippen LogP contribution is -2.20. The maximum atomic E-state index is 16.3. The van der Waals surface area contributed by atoms with Crippen molar-refractivity contribution in [3.63, 3.8) is 0 Å². The second-order valence-electron chi connectivity index (χ2n) is 21.7. The Bertz CT molecular complexity index is 3920. The van der Waals surface area contributed by atoms with Crippen LogP contribution in [0.3, 0.4) is 0 Å². The number of halogens is 4. The summed E-state index contributed by atoms with van der Waals surface area (Å²) in [7, 11) is 0. The molecular formula is C70H58Cl4N2O6. The number of rotatable bonds is 16. The molecule has 412 valence electrons. The Kier molecular flexibility index (Phi) is 15.8. The SMILES string of the molecule is CC(C)c1cccc(C(C)C)c1NC(=O)c1cc(Oc2ccc(Cl)cc2)c2c3c(Oc4ccc(Cl)cc4)ccc4ccc(Oc5ccc(Cl)cc5)c(c5c(Oc6ccc(Cl)cc6)cc(C(=O)Nc6c(C(C)C)cccc6C(C)C)c1c25)c43. The fraction of sp³-hybridized carbons (Fsp3) is 0.171. The molecule has 0 aromatic heterocycles. The topological polar surface area (TPSA) is 95.1 Å². The highest BCUT2D eigenvalue weighted by Crippen LogP contribution is 2.56. The first kappa shape index (κ1) is 55.9. The van der Waals surface area contributed by atoms with E-state index in [0.29, 0.717) is 104 Å². The molecule has 12 heteroatoms. The number of amides is 2. The molecule has 0 spiro atoms. The summed E-state index contributed by atoms with van der Waals surface area (Å²) in [5, 5.41) is 13.4. The predicted octanol–water partition coefficient (Wildman–Crippen LogP) is 22.5. The van der Waals surface area contributed by atoms with Gasteiger partial charge in [0.15, 0.2) is 0 Å². The Morgan fingerprint density at radius 2 is 0.610 bits per heavy atom. The third-order valence-corrected chi connectivity index (χ3v) is 15.8. The first-order valence-corrected chi connectivity index (χ1v) is 28.8. The van der Waals surface area contributed by atoms with Crippen molar-refractivity contribution in [3.8, 4) is 46.0 Å². The molecule has 8 nitrogen and oxygen atoms in total. The summed E-state index contributed by atoms with van der Waals surface area (Å²) in [4.78, 5) is 32.5. The van der Waals surface area contributed by atoms with Crippen molar-refractivity contribution in [1.29, 1.82) is 0 Å². The van der Waals surface area contributed by atoms with Crippen molar-refractivity contribution in [2.24, 2.45) is 0 Å². The summed E-state index contributed by atoms with van der Waals surface area (Å²) in [5.41, 5.74) is 5.50. The Hall–Kier alpha value is -7.98. The molecular weight excluding hydrogens is 1110 g/mol. The van der Waals surface area contributed by atoms with Gasteiger partial charge in [-0.1, -0.05) is 150 Å². The summed E-state index contributed by atoms with van der Waals surface area (Å²) in [6.07, 6.45) is 0. The smallest absolute Gasteiger partial charge is 0.256 e. The molecule has 0 bridgehead atoms. The van der Waals surface area contributed by atoms with Gasteiger partial charge in [-0.25, -0.2) is 0 Å². The van der Waals surface area contributed by atoms with E-state index in [1.54, 1.807) is 109 Å². The predicted molar refractivity (Wildman–Crippen MR) is 339 cm³/mol. The molecule has 11 rings (SSSR count). The van der Waals surface area contributed by atoms with Crippen LogP contribution >= 0.6 is 46.4 Å². The minimum absolute atomic E-state index is 0.0364. The van der Waals surface area contributed by atoms with Gasteiger partial charge in [0.2, 0.25) is 0 Å². The number of carbonyl (C=O) groups excluding carboxylic acids is 2. The molecule has 82 heavy (non-hydrogen) atoms. The van der Waals surface area contributed by atoms with Crippen LogP contribution in [-0.4, -0.2) is 11.8 Å². The van der Waals surface area contributed by atoms with Gasteiger partial charge in [0.1, 0.15) is 46.0 Å². The van der Waals surface area contributed by atoms with Gasteiger partial charge >= 0.3 is 0 Å². The van der Waals surface area contributed by atoms with E-state index in [-0.39, 0.29) is 46.3 Å². The molecule has 2 amide bonds. The molecule has 0 atom stereocenters. The fourth-order valence-corrected chi connectivity index (χ4v) is 11.4. The Labute approximate surface area is 497 Å². The monoisotopic (exact) mass is 1160 g/mol. The molecule has 0 saturated carbocycles. The highest BCUT2D eigenvalue weighted by atomic mass is 35.5. The zero-order chi connectivity index (χ0) is 57.7. The van der Waals surface area contributed by atoms with Crippen LogP contribution in [0, 0.1) is 0 Å². The van der Waals surface area contributed by atoms with E-state index in [1.807, 2.05) is 60.7 Å². The average Bonchev–Trinajstić information content (AvgIpc) is 1.53. The van der Waals surface area contributed by atoms with E-state index in [2.05, 4.69) is 66.0 Å². The average molecular weight is 1170 g/mol. The van der Waals surface area contributed by atoms with E-state index >= 15 is 9.59 Å². The minimum Gasteiger partial charge on any atom is -0.457 e. The lowest BCUT2D eigenvalue weighted by atomic mass is 9.84. The molecule has 0 radical (unpaired) electrons. The molecule has 11 aromatic carbocycles. The van der Waals surface area contributed by atoms with Gasteiger partial charge < -0.3 is 29.6 Å². The van der Waals surface area contributed by atoms with Gasteiger partial charge in [0.05, 0.1) is 11.1 Å². The summed E-state index contributed by atoms with van der Waals surface area (Å²) < 4.78 is 28.3. The molecule has 0 saturated heterocycles. The fourth-order valence-electron chi connectivity index (χ4n) is 10.9. The second kappa shape index (κ2) is 23.1. The lowest BCUT2D eigenvalue weighted by Gasteiger charge is -2.26. The third-order valence-electron chi connectivity index (χ3n) is 14.8. The first-order chi connectivity index (χ1) is 39.4. The van der Waals surface area contributed by atoms with E-state index in [4.69, 9.17) is 65.4 Å². The Balaban J connectivity index is 1.36. The zero-order valence-electron chi connectivity index (χ0n) is 46.4. The Morgan fingerprint density at radius 3 is 0.902 bits per heavy atom. The van der Waals surface area contributed by atoms with Crippen molar-refractivity contribution >= 4 is 113 Å². The highest BCUT2D eigenvalue weighted by Gasteiger charge is 2.33. The number of para-hydroxylation sites is 2. The van der Waals surface area contributed by atoms with E-state index < -0.39 is 11.8 Å². The number of ether oxygens (including phenoxy) is 4. The van der Waals surface area contributed by atoms with Crippen molar-refractivity contribution < 1.29 is 28.5 Å². The molecule has 0 aliphatic rings. The summed E-state index contributed by atoms with van der Waals surface area (Å²) in [5.74, 6) is 2.45. The first-order valence-electron chi connectivity index (χ1n) is 27.3. The summed E-state index contributed by atoms with van der Waals surface area (Å²) in [6, 6.07) is 51.8. The highest BCUT2D eigenvalue weighted by molar-refractivity contribution is 6.41. The number of carbonyl (C=O) groups is 2.